The molecule has 0 aromatic carbocycles. The van der Waals surface area contributed by atoms with Crippen molar-refractivity contribution in [1.29, 1.82) is 0 Å². The Hall–Kier alpha value is -1.51. The van der Waals surface area contributed by atoms with Crippen LogP contribution in [0.3, 0.4) is 0 Å². The van der Waals surface area contributed by atoms with Gasteiger partial charge in [0, 0.05) is 5.69 Å². The van der Waals surface area contributed by atoms with Gasteiger partial charge in [-0.05, 0) is 25.1 Å². The van der Waals surface area contributed by atoms with Crippen molar-refractivity contribution < 1.29 is 4.74 Å². The Bertz CT molecular complexity index is 406. The van der Waals surface area contributed by atoms with Crippen molar-refractivity contribution in [1.82, 2.24) is 9.61 Å². The molecule has 0 aliphatic carbocycles. The minimum absolute atomic E-state index is 0.859. The first kappa shape index (κ1) is 7.16. The Kier molecular flexibility index (Phi) is 1.50. The van der Waals surface area contributed by atoms with E-state index < -0.39 is 0 Å². The molecule has 0 saturated carbocycles. The predicted octanol–water partition coefficient (Wildman–Crippen LogP) is 1.65. The normalized spacial score (nSPS) is 10.5. The van der Waals surface area contributed by atoms with Crippen molar-refractivity contribution in [2.24, 2.45) is 0 Å². The van der Waals surface area contributed by atoms with Gasteiger partial charge in [0.15, 0.2) is 0 Å². The van der Waals surface area contributed by atoms with E-state index in [0.717, 1.165) is 17.0 Å². The third-order valence-electron chi connectivity index (χ3n) is 1.93. The Morgan fingerprint density at radius 1 is 1.33 bits per heavy atom. The molecule has 62 valence electrons. The maximum atomic E-state index is 5.18. The van der Waals surface area contributed by atoms with Crippen molar-refractivity contribution in [3.8, 4) is 5.75 Å². The number of methoxy groups -OCH3 is 1. The molecular weight excluding hydrogens is 152 g/mol. The molecule has 0 bridgehead atoms. The second-order valence-corrected chi connectivity index (χ2v) is 2.67. The van der Waals surface area contributed by atoms with Crippen LogP contribution in [0.4, 0.5) is 0 Å². The van der Waals surface area contributed by atoms with Gasteiger partial charge in [0.25, 0.3) is 0 Å². The molecule has 0 spiro atoms. The summed E-state index contributed by atoms with van der Waals surface area (Å²) >= 11 is 0. The number of aromatic nitrogens is 2. The molecule has 0 amide bonds. The van der Waals surface area contributed by atoms with Gasteiger partial charge in [0.05, 0.1) is 13.3 Å². The fourth-order valence-corrected chi connectivity index (χ4v) is 1.30. The molecule has 12 heavy (non-hydrogen) atoms. The van der Waals surface area contributed by atoms with Crippen LogP contribution in [0, 0.1) is 6.92 Å². The zero-order valence-electron chi connectivity index (χ0n) is 7.11. The first-order chi connectivity index (χ1) is 5.83. The van der Waals surface area contributed by atoms with Crippen molar-refractivity contribution in [2.75, 3.05) is 7.11 Å². The number of pyridine rings is 1. The fraction of sp³-hybridized carbons (Fsp3) is 0.222. The van der Waals surface area contributed by atoms with Crippen molar-refractivity contribution >= 4 is 5.52 Å². The predicted molar refractivity (Wildman–Crippen MR) is 46.5 cm³/mol. The lowest BCUT2D eigenvalue weighted by molar-refractivity contribution is 0.417. The Morgan fingerprint density at radius 3 is 2.92 bits per heavy atom. The number of hydrogen-bond acceptors (Lipinski definition) is 2. The molecule has 0 unspecified atom stereocenters. The van der Waals surface area contributed by atoms with Crippen LogP contribution in [-0.2, 0) is 0 Å². The third-order valence-corrected chi connectivity index (χ3v) is 1.93. The van der Waals surface area contributed by atoms with Crippen LogP contribution >= 0.6 is 0 Å². The molecule has 0 aliphatic rings. The zero-order valence-corrected chi connectivity index (χ0v) is 7.11. The number of ether oxygens (including phenoxy) is 1. The van der Waals surface area contributed by atoms with E-state index in [1.807, 2.05) is 29.6 Å². The van der Waals surface area contributed by atoms with Crippen LogP contribution in [0.2, 0.25) is 0 Å². The maximum absolute atomic E-state index is 5.18. The summed E-state index contributed by atoms with van der Waals surface area (Å²) in [6.45, 7) is 2.01. The van der Waals surface area contributed by atoms with Gasteiger partial charge in [0.1, 0.15) is 11.3 Å². The van der Waals surface area contributed by atoms with Crippen LogP contribution in [0.15, 0.2) is 24.4 Å². The molecule has 0 N–H and O–H groups in total. The van der Waals surface area contributed by atoms with Gasteiger partial charge < -0.3 is 4.74 Å². The number of nitrogens with zero attached hydrogens (tertiary/aromatic N) is 2. The fourth-order valence-electron chi connectivity index (χ4n) is 1.30. The summed E-state index contributed by atoms with van der Waals surface area (Å²) in [6, 6.07) is 5.87. The zero-order chi connectivity index (χ0) is 8.55. The van der Waals surface area contributed by atoms with E-state index in [1.165, 1.54) is 0 Å². The van der Waals surface area contributed by atoms with E-state index in [4.69, 9.17) is 4.74 Å². The first-order valence-electron chi connectivity index (χ1n) is 3.80. The molecular formula is C9H10N2O. The summed E-state index contributed by atoms with van der Waals surface area (Å²) in [5.41, 5.74) is 2.12. The molecule has 2 heterocycles. The SMILES string of the molecule is COc1ccc(C)n2nccc12. The Balaban J connectivity index is 2.82. The van der Waals surface area contributed by atoms with Crippen molar-refractivity contribution in [3.05, 3.63) is 30.1 Å². The number of hydrogen-bond donors (Lipinski definition) is 0. The van der Waals surface area contributed by atoms with Gasteiger partial charge in [-0.1, -0.05) is 0 Å². The third kappa shape index (κ3) is 0.863. The lowest BCUT2D eigenvalue weighted by atomic mass is 10.3. The maximum Gasteiger partial charge on any atom is 0.144 e. The Morgan fingerprint density at radius 2 is 2.17 bits per heavy atom. The van der Waals surface area contributed by atoms with E-state index in [1.54, 1.807) is 13.3 Å². The van der Waals surface area contributed by atoms with Crippen LogP contribution in [0.25, 0.3) is 5.52 Å². The van der Waals surface area contributed by atoms with E-state index >= 15 is 0 Å². The van der Waals surface area contributed by atoms with E-state index in [9.17, 15) is 0 Å². The lowest BCUT2D eigenvalue weighted by Crippen LogP contribution is -1.94. The van der Waals surface area contributed by atoms with Crippen LogP contribution in [-0.4, -0.2) is 16.7 Å². The minimum Gasteiger partial charge on any atom is -0.494 e. The van der Waals surface area contributed by atoms with Gasteiger partial charge >= 0.3 is 0 Å². The number of rotatable bonds is 1. The summed E-state index contributed by atoms with van der Waals surface area (Å²) in [5, 5.41) is 4.16. The summed E-state index contributed by atoms with van der Waals surface area (Å²) in [4.78, 5) is 0. The molecule has 2 rings (SSSR count). The topological polar surface area (TPSA) is 26.5 Å². The van der Waals surface area contributed by atoms with Crippen molar-refractivity contribution in [2.45, 2.75) is 6.92 Å². The molecule has 0 radical (unpaired) electrons. The van der Waals surface area contributed by atoms with Crippen LogP contribution < -0.4 is 4.74 Å². The van der Waals surface area contributed by atoms with E-state index in [0.29, 0.717) is 0 Å². The molecule has 2 aromatic rings. The lowest BCUT2D eigenvalue weighted by Gasteiger charge is -2.03. The average molecular weight is 162 g/mol. The summed E-state index contributed by atoms with van der Waals surface area (Å²) in [7, 11) is 1.66. The number of aryl methyl sites for hydroxylation is 1. The van der Waals surface area contributed by atoms with Gasteiger partial charge in [-0.15, -0.1) is 0 Å². The molecule has 3 heteroatoms. The molecule has 2 aromatic heterocycles. The first-order valence-corrected chi connectivity index (χ1v) is 3.80. The largest absolute Gasteiger partial charge is 0.494 e. The molecule has 3 nitrogen and oxygen atoms in total. The summed E-state index contributed by atoms with van der Waals surface area (Å²) < 4.78 is 7.04. The van der Waals surface area contributed by atoms with E-state index in [-0.39, 0.29) is 0 Å². The van der Waals surface area contributed by atoms with Crippen LogP contribution in [0.1, 0.15) is 5.69 Å². The highest BCUT2D eigenvalue weighted by molar-refractivity contribution is 5.59. The second-order valence-electron chi connectivity index (χ2n) is 2.67. The van der Waals surface area contributed by atoms with Gasteiger partial charge in [-0.25, -0.2) is 4.52 Å². The van der Waals surface area contributed by atoms with Gasteiger partial charge in [0.2, 0.25) is 0 Å². The summed E-state index contributed by atoms with van der Waals surface area (Å²) in [5.74, 6) is 0.859. The standard InChI is InChI=1S/C9H10N2O/c1-7-3-4-9(12-2)8-5-6-10-11(7)8/h3-6H,1-2H3. The highest BCUT2D eigenvalue weighted by Crippen LogP contribution is 2.19. The quantitative estimate of drug-likeness (QED) is 0.637. The average Bonchev–Trinajstić information content (AvgIpc) is 2.54. The number of fused-ring (bicyclic) bond motifs is 1. The smallest absolute Gasteiger partial charge is 0.144 e. The highest BCUT2D eigenvalue weighted by atomic mass is 16.5. The van der Waals surface area contributed by atoms with E-state index in [2.05, 4.69) is 5.10 Å². The van der Waals surface area contributed by atoms with Gasteiger partial charge in [-0.3, -0.25) is 0 Å². The molecule has 0 atom stereocenters. The minimum atomic E-state index is 0.859. The van der Waals surface area contributed by atoms with Gasteiger partial charge in [-0.2, -0.15) is 5.10 Å². The summed E-state index contributed by atoms with van der Waals surface area (Å²) in [6.07, 6.45) is 1.77. The monoisotopic (exact) mass is 162 g/mol. The highest BCUT2D eigenvalue weighted by Gasteiger charge is 2.02. The molecule has 0 aliphatic heterocycles. The molecule has 0 saturated heterocycles. The van der Waals surface area contributed by atoms with Crippen molar-refractivity contribution in [3.63, 3.8) is 0 Å². The van der Waals surface area contributed by atoms with Crippen LogP contribution in [0.5, 0.6) is 5.75 Å². The molecule has 0 fully saturated rings. The second kappa shape index (κ2) is 2.52. The Labute approximate surface area is 70.6 Å².